The van der Waals surface area contributed by atoms with E-state index in [0.717, 1.165) is 15.9 Å². The Kier molecular flexibility index (Phi) is 4.49. The van der Waals surface area contributed by atoms with Gasteiger partial charge in [0.2, 0.25) is 0 Å². The van der Waals surface area contributed by atoms with Crippen molar-refractivity contribution in [2.75, 3.05) is 7.05 Å². The molecule has 0 aliphatic carbocycles. The van der Waals surface area contributed by atoms with Gasteiger partial charge in [-0.3, -0.25) is 9.48 Å². The van der Waals surface area contributed by atoms with E-state index in [1.165, 1.54) is 0 Å². The number of aliphatic carboxylic acids is 1. The molecule has 0 aliphatic heterocycles. The van der Waals surface area contributed by atoms with Crippen LogP contribution in [-0.2, 0) is 11.3 Å². The first-order chi connectivity index (χ1) is 7.47. The van der Waals surface area contributed by atoms with Gasteiger partial charge in [-0.05, 0) is 43.2 Å². The first kappa shape index (κ1) is 13.2. The minimum Gasteiger partial charge on any atom is -0.480 e. The highest BCUT2D eigenvalue weighted by Gasteiger charge is 2.16. The summed E-state index contributed by atoms with van der Waals surface area (Å²) in [5.74, 6) is -0.830. The van der Waals surface area contributed by atoms with Crippen molar-refractivity contribution >= 4 is 21.9 Å². The molecule has 0 radical (unpaired) electrons. The van der Waals surface area contributed by atoms with Gasteiger partial charge in [0.05, 0.1) is 10.2 Å². The van der Waals surface area contributed by atoms with E-state index in [0.29, 0.717) is 13.0 Å². The molecule has 0 spiro atoms. The highest BCUT2D eigenvalue weighted by Crippen LogP contribution is 2.19. The van der Waals surface area contributed by atoms with E-state index >= 15 is 0 Å². The van der Waals surface area contributed by atoms with Gasteiger partial charge in [-0.1, -0.05) is 0 Å². The molecule has 0 aromatic carbocycles. The highest BCUT2D eigenvalue weighted by atomic mass is 79.9. The smallest absolute Gasteiger partial charge is 0.320 e. The number of hydrogen-bond donors (Lipinski definition) is 2. The molecule has 0 bridgehead atoms. The molecule has 1 aromatic rings. The molecular formula is C10H16BrN3O2. The molecule has 6 heteroatoms. The van der Waals surface area contributed by atoms with Crippen LogP contribution in [0.4, 0.5) is 0 Å². The van der Waals surface area contributed by atoms with Gasteiger partial charge in [0.1, 0.15) is 6.04 Å². The van der Waals surface area contributed by atoms with Crippen LogP contribution in [0.5, 0.6) is 0 Å². The molecule has 0 saturated heterocycles. The molecule has 0 amide bonds. The highest BCUT2D eigenvalue weighted by molar-refractivity contribution is 9.10. The quantitative estimate of drug-likeness (QED) is 0.858. The number of hydrogen-bond acceptors (Lipinski definition) is 3. The van der Waals surface area contributed by atoms with Crippen LogP contribution < -0.4 is 5.32 Å². The zero-order valence-corrected chi connectivity index (χ0v) is 11.2. The van der Waals surface area contributed by atoms with Gasteiger partial charge in [0.15, 0.2) is 0 Å². The number of aryl methyl sites for hydroxylation is 2. The fourth-order valence-corrected chi connectivity index (χ4v) is 1.82. The van der Waals surface area contributed by atoms with E-state index in [-0.39, 0.29) is 0 Å². The molecule has 16 heavy (non-hydrogen) atoms. The standard InChI is InChI=1S/C10H16BrN3O2/c1-6-9(11)7(2)14(13-6)5-4-8(12-3)10(15)16/h8,12H,4-5H2,1-3H3,(H,15,16). The molecule has 0 saturated carbocycles. The molecular weight excluding hydrogens is 274 g/mol. The Morgan fingerprint density at radius 2 is 2.25 bits per heavy atom. The predicted octanol–water partition coefficient (Wildman–Crippen LogP) is 1.33. The first-order valence-corrected chi connectivity index (χ1v) is 5.86. The van der Waals surface area contributed by atoms with Gasteiger partial charge >= 0.3 is 5.97 Å². The number of nitrogens with one attached hydrogen (secondary N) is 1. The maximum atomic E-state index is 10.8. The molecule has 0 aliphatic rings. The van der Waals surface area contributed by atoms with E-state index in [1.807, 2.05) is 18.5 Å². The Hall–Kier alpha value is -0.880. The number of rotatable bonds is 5. The van der Waals surface area contributed by atoms with Crippen molar-refractivity contribution in [3.63, 3.8) is 0 Å². The summed E-state index contributed by atoms with van der Waals surface area (Å²) in [5.41, 5.74) is 1.95. The van der Waals surface area contributed by atoms with Gasteiger partial charge in [0.25, 0.3) is 0 Å². The molecule has 0 fully saturated rings. The van der Waals surface area contributed by atoms with Crippen LogP contribution in [-0.4, -0.2) is 33.9 Å². The molecule has 2 N–H and O–H groups in total. The van der Waals surface area contributed by atoms with Gasteiger partial charge < -0.3 is 10.4 Å². The van der Waals surface area contributed by atoms with Crippen molar-refractivity contribution in [2.24, 2.45) is 0 Å². The minimum atomic E-state index is -0.830. The molecule has 1 atom stereocenters. The molecule has 5 nitrogen and oxygen atoms in total. The SMILES string of the molecule is CNC(CCn1nc(C)c(Br)c1C)C(=O)O. The maximum Gasteiger partial charge on any atom is 0.320 e. The Bertz CT molecular complexity index is 390. The molecule has 1 unspecified atom stereocenters. The second-order valence-electron chi connectivity index (χ2n) is 3.68. The summed E-state index contributed by atoms with van der Waals surface area (Å²) < 4.78 is 2.82. The Morgan fingerprint density at radius 1 is 1.62 bits per heavy atom. The predicted molar refractivity (Wildman–Crippen MR) is 64.5 cm³/mol. The summed E-state index contributed by atoms with van der Waals surface area (Å²) in [5, 5.41) is 16.0. The van der Waals surface area contributed by atoms with Crippen LogP contribution in [0.3, 0.4) is 0 Å². The number of aromatic nitrogens is 2. The van der Waals surface area contributed by atoms with Gasteiger partial charge in [0, 0.05) is 12.2 Å². The monoisotopic (exact) mass is 289 g/mol. The van der Waals surface area contributed by atoms with E-state index in [9.17, 15) is 4.79 Å². The summed E-state index contributed by atoms with van der Waals surface area (Å²) in [4.78, 5) is 10.8. The summed E-state index contributed by atoms with van der Waals surface area (Å²) in [6.45, 7) is 4.47. The van der Waals surface area contributed by atoms with Crippen LogP contribution >= 0.6 is 15.9 Å². The van der Waals surface area contributed by atoms with Crippen molar-refractivity contribution in [2.45, 2.75) is 32.9 Å². The number of halogens is 1. The van der Waals surface area contributed by atoms with Crippen molar-refractivity contribution < 1.29 is 9.90 Å². The average molecular weight is 290 g/mol. The zero-order valence-electron chi connectivity index (χ0n) is 9.62. The second-order valence-corrected chi connectivity index (χ2v) is 4.47. The Labute approximate surface area is 103 Å². The van der Waals surface area contributed by atoms with Crippen molar-refractivity contribution in [1.29, 1.82) is 0 Å². The number of likely N-dealkylation sites (N-methyl/N-ethyl adjacent to an activating group) is 1. The third kappa shape index (κ3) is 2.82. The van der Waals surface area contributed by atoms with Crippen LogP contribution in [0.15, 0.2) is 4.47 Å². The number of carbonyl (C=O) groups is 1. The lowest BCUT2D eigenvalue weighted by atomic mass is 10.2. The third-order valence-corrected chi connectivity index (χ3v) is 3.72. The zero-order chi connectivity index (χ0) is 12.3. The lowest BCUT2D eigenvalue weighted by Crippen LogP contribution is -2.34. The van der Waals surface area contributed by atoms with E-state index in [2.05, 4.69) is 26.3 Å². The van der Waals surface area contributed by atoms with E-state index in [1.54, 1.807) is 7.05 Å². The summed E-state index contributed by atoms with van der Waals surface area (Å²) >= 11 is 3.44. The first-order valence-electron chi connectivity index (χ1n) is 5.07. The third-order valence-electron chi connectivity index (χ3n) is 2.57. The van der Waals surface area contributed by atoms with Crippen LogP contribution in [0.1, 0.15) is 17.8 Å². The second kappa shape index (κ2) is 5.45. The van der Waals surface area contributed by atoms with Crippen LogP contribution in [0.25, 0.3) is 0 Å². The Balaban J connectivity index is 2.67. The Morgan fingerprint density at radius 3 is 2.62 bits per heavy atom. The summed E-state index contributed by atoms with van der Waals surface area (Å²) in [6.07, 6.45) is 0.514. The van der Waals surface area contributed by atoms with Gasteiger partial charge in [-0.25, -0.2) is 0 Å². The lowest BCUT2D eigenvalue weighted by molar-refractivity contribution is -0.139. The van der Waals surface area contributed by atoms with E-state index in [4.69, 9.17) is 5.11 Å². The van der Waals surface area contributed by atoms with Gasteiger partial charge in [-0.15, -0.1) is 0 Å². The van der Waals surface area contributed by atoms with Crippen molar-refractivity contribution in [3.8, 4) is 0 Å². The number of nitrogens with zero attached hydrogens (tertiary/aromatic N) is 2. The summed E-state index contributed by atoms with van der Waals surface area (Å²) in [6, 6.07) is -0.525. The van der Waals surface area contributed by atoms with Crippen molar-refractivity contribution in [3.05, 3.63) is 15.9 Å². The fourth-order valence-electron chi connectivity index (χ4n) is 1.54. The molecule has 1 aromatic heterocycles. The summed E-state index contributed by atoms with van der Waals surface area (Å²) in [7, 11) is 1.65. The minimum absolute atomic E-state index is 0.514. The largest absolute Gasteiger partial charge is 0.480 e. The fraction of sp³-hybridized carbons (Fsp3) is 0.600. The van der Waals surface area contributed by atoms with Crippen LogP contribution in [0, 0.1) is 13.8 Å². The van der Waals surface area contributed by atoms with Crippen LogP contribution in [0.2, 0.25) is 0 Å². The normalized spacial score (nSPS) is 12.8. The lowest BCUT2D eigenvalue weighted by Gasteiger charge is -2.11. The number of carboxylic acid groups (broad SMARTS) is 1. The van der Waals surface area contributed by atoms with Crippen molar-refractivity contribution in [1.82, 2.24) is 15.1 Å². The van der Waals surface area contributed by atoms with E-state index < -0.39 is 12.0 Å². The number of carboxylic acids is 1. The molecule has 1 rings (SSSR count). The topological polar surface area (TPSA) is 67.2 Å². The molecule has 90 valence electrons. The molecule has 1 heterocycles. The van der Waals surface area contributed by atoms with Gasteiger partial charge in [-0.2, -0.15) is 5.10 Å². The maximum absolute atomic E-state index is 10.8. The average Bonchev–Trinajstić information content (AvgIpc) is 2.47.